The molecule has 0 spiro atoms. The van der Waals surface area contributed by atoms with Crippen LogP contribution in [0, 0.1) is 0 Å². The van der Waals surface area contributed by atoms with Crippen molar-refractivity contribution in [3.05, 3.63) is 36.8 Å². The summed E-state index contributed by atoms with van der Waals surface area (Å²) in [5.74, 6) is 0.755. The predicted molar refractivity (Wildman–Crippen MR) is 76.8 cm³/mol. The average Bonchev–Trinajstić information content (AvgIpc) is 2.47. The van der Waals surface area contributed by atoms with Crippen molar-refractivity contribution in [2.75, 3.05) is 11.5 Å². The van der Waals surface area contributed by atoms with Crippen LogP contribution in [0.3, 0.4) is 0 Å². The molecule has 0 saturated heterocycles. The molecule has 0 radical (unpaired) electrons. The number of nitrogens with zero attached hydrogens (tertiary/aromatic N) is 5. The van der Waals surface area contributed by atoms with E-state index in [1.807, 2.05) is 0 Å². The molecule has 0 aliphatic heterocycles. The van der Waals surface area contributed by atoms with Crippen LogP contribution in [-0.2, 0) is 0 Å². The third-order valence-electron chi connectivity index (χ3n) is 2.73. The Morgan fingerprint density at radius 3 is 2.52 bits per heavy atom. The quantitative estimate of drug-likeness (QED) is 0.629. The maximum atomic E-state index is 9.92. The third-order valence-corrected chi connectivity index (χ3v) is 2.73. The van der Waals surface area contributed by atoms with Crippen LogP contribution in [0.1, 0.15) is 0 Å². The normalized spacial score (nSPS) is 10.5. The van der Waals surface area contributed by atoms with Gasteiger partial charge in [0.2, 0.25) is 5.95 Å². The second-order valence-electron chi connectivity index (χ2n) is 4.20. The van der Waals surface area contributed by atoms with Crippen LogP contribution in [0.5, 0.6) is 5.75 Å². The summed E-state index contributed by atoms with van der Waals surface area (Å²) in [6, 6.07) is 4.97. The highest BCUT2D eigenvalue weighted by molar-refractivity contribution is 5.67. The van der Waals surface area contributed by atoms with E-state index in [1.54, 1.807) is 24.4 Å². The van der Waals surface area contributed by atoms with E-state index in [0.717, 1.165) is 0 Å². The first kappa shape index (κ1) is 12.7. The molecule has 0 unspecified atom stereocenters. The molecule has 8 heteroatoms. The molecule has 3 aromatic heterocycles. The molecule has 3 heterocycles. The fraction of sp³-hybridized carbons (Fsp3) is 0. The fourth-order valence-corrected chi connectivity index (χ4v) is 1.80. The zero-order chi connectivity index (χ0) is 14.8. The van der Waals surface area contributed by atoms with Gasteiger partial charge in [-0.05, 0) is 18.2 Å². The topological polar surface area (TPSA) is 137 Å². The van der Waals surface area contributed by atoms with Crippen molar-refractivity contribution in [1.82, 2.24) is 24.9 Å². The van der Waals surface area contributed by atoms with Crippen molar-refractivity contribution in [3.8, 4) is 28.5 Å². The first-order chi connectivity index (χ1) is 10.1. The van der Waals surface area contributed by atoms with Crippen molar-refractivity contribution >= 4 is 11.8 Å². The Morgan fingerprint density at radius 1 is 0.952 bits per heavy atom. The highest BCUT2D eigenvalue weighted by Gasteiger charge is 2.12. The van der Waals surface area contributed by atoms with Gasteiger partial charge in [0, 0.05) is 18.0 Å². The Kier molecular flexibility index (Phi) is 3.03. The smallest absolute Gasteiger partial charge is 0.220 e. The maximum Gasteiger partial charge on any atom is 0.220 e. The van der Waals surface area contributed by atoms with Gasteiger partial charge >= 0.3 is 0 Å². The molecule has 0 saturated carbocycles. The lowest BCUT2D eigenvalue weighted by molar-refractivity contribution is 0.472. The molecule has 3 rings (SSSR count). The minimum absolute atomic E-state index is 0.0974. The van der Waals surface area contributed by atoms with E-state index in [1.165, 1.54) is 12.4 Å². The van der Waals surface area contributed by atoms with Crippen LogP contribution in [0.2, 0.25) is 0 Å². The van der Waals surface area contributed by atoms with Crippen LogP contribution in [0.4, 0.5) is 11.8 Å². The van der Waals surface area contributed by atoms with Crippen molar-refractivity contribution in [1.29, 1.82) is 0 Å². The zero-order valence-corrected chi connectivity index (χ0v) is 10.8. The number of nitrogens with two attached hydrogens (primary N) is 2. The second-order valence-corrected chi connectivity index (χ2v) is 4.20. The molecule has 0 aliphatic carbocycles. The van der Waals surface area contributed by atoms with Crippen molar-refractivity contribution in [3.63, 3.8) is 0 Å². The second kappa shape index (κ2) is 5.00. The number of hydrogen-bond acceptors (Lipinski definition) is 8. The molecule has 0 bridgehead atoms. The summed E-state index contributed by atoms with van der Waals surface area (Å²) in [6.45, 7) is 0. The van der Waals surface area contributed by atoms with E-state index >= 15 is 0 Å². The lowest BCUT2D eigenvalue weighted by Gasteiger charge is -2.06. The van der Waals surface area contributed by atoms with Crippen LogP contribution in [0.25, 0.3) is 22.8 Å². The number of aromatic hydroxyl groups is 1. The Bertz CT molecular complexity index is 806. The van der Waals surface area contributed by atoms with Gasteiger partial charge in [-0.25, -0.2) is 24.9 Å². The van der Waals surface area contributed by atoms with Crippen LogP contribution in [0.15, 0.2) is 36.8 Å². The van der Waals surface area contributed by atoms with Gasteiger partial charge in [0.25, 0.3) is 0 Å². The first-order valence-electron chi connectivity index (χ1n) is 6.00. The van der Waals surface area contributed by atoms with Gasteiger partial charge in [0.05, 0.1) is 11.9 Å². The molecule has 0 aromatic carbocycles. The highest BCUT2D eigenvalue weighted by atomic mass is 16.3. The van der Waals surface area contributed by atoms with E-state index < -0.39 is 0 Å². The first-order valence-corrected chi connectivity index (χ1v) is 6.00. The molecule has 21 heavy (non-hydrogen) atoms. The fourth-order valence-electron chi connectivity index (χ4n) is 1.80. The van der Waals surface area contributed by atoms with Crippen LogP contribution >= 0.6 is 0 Å². The lowest BCUT2D eigenvalue weighted by Crippen LogP contribution is -1.99. The minimum atomic E-state index is -0.0983. The number of pyridine rings is 1. The standard InChI is InChI=1S/C13H11N7O/c14-10-5-7(1-3-16-10)12-18-6-9(21)11(20-12)8-2-4-17-13(15)19-8/h1-6,21H,(H2,14,16)(H2,15,17,19). The zero-order valence-electron chi connectivity index (χ0n) is 10.8. The van der Waals surface area contributed by atoms with Gasteiger partial charge in [-0.3, -0.25) is 0 Å². The summed E-state index contributed by atoms with van der Waals surface area (Å²) < 4.78 is 0. The number of anilines is 2. The molecule has 0 amide bonds. The van der Waals surface area contributed by atoms with E-state index in [-0.39, 0.29) is 17.4 Å². The molecule has 3 aromatic rings. The number of nitrogen functional groups attached to an aromatic ring is 2. The summed E-state index contributed by atoms with van der Waals surface area (Å²) in [6.07, 6.45) is 4.35. The van der Waals surface area contributed by atoms with Crippen molar-refractivity contribution in [2.45, 2.75) is 0 Å². The molecular formula is C13H11N7O. The monoisotopic (exact) mass is 281 g/mol. The van der Waals surface area contributed by atoms with Gasteiger partial charge in [-0.1, -0.05) is 0 Å². The molecule has 104 valence electrons. The Morgan fingerprint density at radius 2 is 1.76 bits per heavy atom. The summed E-state index contributed by atoms with van der Waals surface area (Å²) in [7, 11) is 0. The summed E-state index contributed by atoms with van der Waals surface area (Å²) >= 11 is 0. The van der Waals surface area contributed by atoms with E-state index in [2.05, 4.69) is 24.9 Å². The highest BCUT2D eigenvalue weighted by Crippen LogP contribution is 2.27. The number of hydrogen-bond donors (Lipinski definition) is 3. The number of rotatable bonds is 2. The summed E-state index contributed by atoms with van der Waals surface area (Å²) in [5, 5.41) is 9.92. The molecule has 0 aliphatic rings. The van der Waals surface area contributed by atoms with Gasteiger partial charge in [0.15, 0.2) is 11.6 Å². The van der Waals surface area contributed by atoms with Gasteiger partial charge in [-0.2, -0.15) is 0 Å². The average molecular weight is 281 g/mol. The van der Waals surface area contributed by atoms with Gasteiger partial charge in [-0.15, -0.1) is 0 Å². The lowest BCUT2D eigenvalue weighted by atomic mass is 10.2. The van der Waals surface area contributed by atoms with E-state index in [0.29, 0.717) is 22.9 Å². The summed E-state index contributed by atoms with van der Waals surface area (Å²) in [5.41, 5.74) is 12.5. The van der Waals surface area contributed by atoms with E-state index in [9.17, 15) is 5.11 Å². The van der Waals surface area contributed by atoms with Crippen LogP contribution in [-0.4, -0.2) is 30.0 Å². The summed E-state index contributed by atoms with van der Waals surface area (Å²) in [4.78, 5) is 20.1. The number of aromatic nitrogens is 5. The van der Waals surface area contributed by atoms with E-state index in [4.69, 9.17) is 11.5 Å². The molecule has 0 fully saturated rings. The third kappa shape index (κ3) is 2.54. The molecule has 8 nitrogen and oxygen atoms in total. The van der Waals surface area contributed by atoms with Crippen molar-refractivity contribution in [2.24, 2.45) is 0 Å². The molecule has 0 atom stereocenters. The maximum absolute atomic E-state index is 9.92. The SMILES string of the molecule is Nc1cc(-c2ncc(O)c(-c3ccnc(N)n3)n2)ccn1. The predicted octanol–water partition coefficient (Wildman–Crippen LogP) is 0.866. The van der Waals surface area contributed by atoms with Crippen LogP contribution < -0.4 is 11.5 Å². The van der Waals surface area contributed by atoms with Gasteiger partial charge < -0.3 is 16.6 Å². The Labute approximate surface area is 119 Å². The Balaban J connectivity index is 2.12. The van der Waals surface area contributed by atoms with Crippen molar-refractivity contribution < 1.29 is 5.11 Å². The molecule has 5 N–H and O–H groups in total. The minimum Gasteiger partial charge on any atom is -0.504 e. The largest absolute Gasteiger partial charge is 0.504 e. The van der Waals surface area contributed by atoms with Gasteiger partial charge in [0.1, 0.15) is 11.5 Å². The Hall–Kier alpha value is -3.29. The molecular weight excluding hydrogens is 270 g/mol.